The molecule has 0 amide bonds. The SMILES string of the molecule is [2H]C([2H])([2H])c1c[n+](C)c(-c2c(C)cc(C([2H])([2H])[2H])c3c2oc2cc4cc(C)ccc4cc23)cc1C. The van der Waals surface area contributed by atoms with Crippen LogP contribution in [-0.2, 0) is 7.05 Å². The van der Waals surface area contributed by atoms with Gasteiger partial charge in [-0.3, -0.25) is 0 Å². The smallest absolute Gasteiger partial charge is 0.216 e. The second kappa shape index (κ2) is 6.18. The molecule has 0 unspecified atom stereocenters. The molecular formula is C27H26NO+. The van der Waals surface area contributed by atoms with Crippen LogP contribution in [-0.4, -0.2) is 0 Å². The van der Waals surface area contributed by atoms with Crippen molar-refractivity contribution in [3.63, 3.8) is 0 Å². The maximum Gasteiger partial charge on any atom is 0.216 e. The minimum Gasteiger partial charge on any atom is -0.455 e. The van der Waals surface area contributed by atoms with Gasteiger partial charge >= 0.3 is 0 Å². The van der Waals surface area contributed by atoms with Crippen molar-refractivity contribution in [1.29, 1.82) is 0 Å². The van der Waals surface area contributed by atoms with Crippen LogP contribution in [0.15, 0.2) is 53.1 Å². The molecule has 3 aromatic carbocycles. The number of furan rings is 1. The molecule has 144 valence electrons. The van der Waals surface area contributed by atoms with Gasteiger partial charge in [0.25, 0.3) is 0 Å². The van der Waals surface area contributed by atoms with Gasteiger partial charge in [0.2, 0.25) is 5.69 Å². The number of hydrogen-bond donors (Lipinski definition) is 0. The highest BCUT2D eigenvalue weighted by molar-refractivity contribution is 6.14. The lowest BCUT2D eigenvalue weighted by Crippen LogP contribution is -2.31. The van der Waals surface area contributed by atoms with Crippen LogP contribution in [0, 0.1) is 34.5 Å². The third kappa shape index (κ3) is 2.66. The van der Waals surface area contributed by atoms with Crippen LogP contribution in [0.4, 0.5) is 0 Å². The number of aromatic nitrogens is 1. The molecule has 0 fully saturated rings. The first kappa shape index (κ1) is 12.4. The van der Waals surface area contributed by atoms with E-state index in [1.54, 1.807) is 30.8 Å². The average molecular weight is 387 g/mol. The first-order chi connectivity index (χ1) is 16.3. The maximum atomic E-state index is 8.23. The van der Waals surface area contributed by atoms with Gasteiger partial charge in [0.05, 0.1) is 5.56 Å². The second-order valence-corrected chi connectivity index (χ2v) is 7.99. The Bertz CT molecular complexity index is 1660. The molecule has 0 aliphatic rings. The highest BCUT2D eigenvalue weighted by atomic mass is 16.3. The molecule has 0 bridgehead atoms. The zero-order valence-corrected chi connectivity index (χ0v) is 17.0. The summed E-state index contributed by atoms with van der Waals surface area (Å²) in [6.45, 7) is 1.12. The zero-order valence-electron chi connectivity index (χ0n) is 23.0. The molecule has 0 aliphatic heterocycles. The van der Waals surface area contributed by atoms with Crippen LogP contribution < -0.4 is 4.57 Å². The van der Waals surface area contributed by atoms with Crippen molar-refractivity contribution in [3.8, 4) is 11.3 Å². The topological polar surface area (TPSA) is 17.0 Å². The molecule has 0 N–H and O–H groups in total. The molecule has 0 spiro atoms. The van der Waals surface area contributed by atoms with Gasteiger partial charge in [0.1, 0.15) is 18.2 Å². The number of benzene rings is 3. The molecule has 5 rings (SSSR count). The quantitative estimate of drug-likeness (QED) is 0.290. The molecule has 2 aromatic heterocycles. The molecule has 0 radical (unpaired) electrons. The second-order valence-electron chi connectivity index (χ2n) is 7.99. The summed E-state index contributed by atoms with van der Waals surface area (Å²) in [5, 5.41) is 3.35. The van der Waals surface area contributed by atoms with E-state index in [2.05, 4.69) is 6.07 Å². The predicted octanol–water partition coefficient (Wildman–Crippen LogP) is 6.77. The summed E-state index contributed by atoms with van der Waals surface area (Å²) in [4.78, 5) is 0. The van der Waals surface area contributed by atoms with Gasteiger partial charge in [0, 0.05) is 30.6 Å². The Morgan fingerprint density at radius 1 is 0.828 bits per heavy atom. The Balaban J connectivity index is 1.93. The lowest BCUT2D eigenvalue weighted by Gasteiger charge is -2.09. The van der Waals surface area contributed by atoms with Crippen molar-refractivity contribution in [2.45, 2.75) is 34.5 Å². The van der Waals surface area contributed by atoms with Crippen LogP contribution in [0.3, 0.4) is 0 Å². The van der Waals surface area contributed by atoms with Crippen LogP contribution >= 0.6 is 0 Å². The van der Waals surface area contributed by atoms with Crippen LogP contribution in [0.25, 0.3) is 44.0 Å². The highest BCUT2D eigenvalue weighted by Gasteiger charge is 2.23. The van der Waals surface area contributed by atoms with Gasteiger partial charge in [-0.1, -0.05) is 29.8 Å². The summed E-state index contributed by atoms with van der Waals surface area (Å²) in [6, 6.07) is 13.7. The first-order valence-corrected chi connectivity index (χ1v) is 9.67. The lowest BCUT2D eigenvalue weighted by molar-refractivity contribution is -0.660. The molecule has 2 heteroatoms. The first-order valence-electron chi connectivity index (χ1n) is 12.7. The molecule has 0 aliphatic carbocycles. The minimum absolute atomic E-state index is 0.248. The van der Waals surface area contributed by atoms with Crippen molar-refractivity contribution in [2.24, 2.45) is 7.05 Å². The molecule has 0 saturated carbocycles. The van der Waals surface area contributed by atoms with Gasteiger partial charge in [-0.05, 0) is 74.1 Å². The lowest BCUT2D eigenvalue weighted by atomic mass is 9.95. The van der Waals surface area contributed by atoms with Crippen molar-refractivity contribution in [1.82, 2.24) is 0 Å². The van der Waals surface area contributed by atoms with Gasteiger partial charge in [-0.15, -0.1) is 0 Å². The van der Waals surface area contributed by atoms with Gasteiger partial charge in [0.15, 0.2) is 6.20 Å². The maximum absolute atomic E-state index is 8.23. The molecule has 2 heterocycles. The fourth-order valence-electron chi connectivity index (χ4n) is 4.26. The van der Waals surface area contributed by atoms with Gasteiger partial charge in [-0.25, -0.2) is 4.57 Å². The Labute approximate surface area is 179 Å². The molecule has 5 aromatic rings. The van der Waals surface area contributed by atoms with E-state index in [-0.39, 0.29) is 11.1 Å². The van der Waals surface area contributed by atoms with E-state index in [1.807, 2.05) is 44.2 Å². The van der Waals surface area contributed by atoms with E-state index in [0.717, 1.165) is 38.5 Å². The number of hydrogen-bond acceptors (Lipinski definition) is 1. The third-order valence-electron chi connectivity index (χ3n) is 5.79. The monoisotopic (exact) mass is 386 g/mol. The molecule has 0 atom stereocenters. The third-order valence-corrected chi connectivity index (χ3v) is 5.79. The molecular weight excluding hydrogens is 354 g/mol. The number of rotatable bonds is 1. The largest absolute Gasteiger partial charge is 0.455 e. The summed E-state index contributed by atoms with van der Waals surface area (Å²) in [7, 11) is 1.80. The van der Waals surface area contributed by atoms with Crippen LogP contribution in [0.5, 0.6) is 0 Å². The van der Waals surface area contributed by atoms with Crippen LogP contribution in [0.1, 0.15) is 36.0 Å². The van der Waals surface area contributed by atoms with E-state index in [9.17, 15) is 0 Å². The summed E-state index contributed by atoms with van der Waals surface area (Å²) in [5.74, 6) is 0. The summed E-state index contributed by atoms with van der Waals surface area (Å²) >= 11 is 0. The van der Waals surface area contributed by atoms with E-state index < -0.39 is 13.7 Å². The fraction of sp³-hybridized carbons (Fsp3) is 0.222. The Morgan fingerprint density at radius 2 is 1.66 bits per heavy atom. The number of pyridine rings is 1. The van der Waals surface area contributed by atoms with E-state index in [4.69, 9.17) is 12.6 Å². The van der Waals surface area contributed by atoms with E-state index in [1.165, 1.54) is 0 Å². The van der Waals surface area contributed by atoms with Crippen molar-refractivity contribution >= 4 is 32.7 Å². The summed E-state index contributed by atoms with van der Waals surface area (Å²) in [5.41, 5.74) is 5.68. The number of fused-ring (bicyclic) bond motifs is 4. The Hall–Kier alpha value is -3.13. The Kier molecular flexibility index (Phi) is 2.65. The molecule has 2 nitrogen and oxygen atoms in total. The average Bonchev–Trinajstić information content (AvgIpc) is 3.09. The number of nitrogens with zero attached hydrogens (tertiary/aromatic N) is 1. The van der Waals surface area contributed by atoms with Gasteiger partial charge in [-0.2, -0.15) is 0 Å². The summed E-state index contributed by atoms with van der Waals surface area (Å²) in [6.07, 6.45) is 1.63. The standard InChI is InChI=1S/C27H26NO/c1-15-7-8-20-12-22-24(13-21(20)9-15)29-27-25(22)17(3)10-18(4)26(27)23-11-16(2)19(5)14-28(23)6/h7-14H,1-6H3/q+1/i3D3,5D3. The van der Waals surface area contributed by atoms with Gasteiger partial charge < -0.3 is 4.42 Å². The molecule has 0 saturated heterocycles. The predicted molar refractivity (Wildman–Crippen MR) is 122 cm³/mol. The minimum atomic E-state index is -2.33. The van der Waals surface area contributed by atoms with Crippen molar-refractivity contribution in [3.05, 3.63) is 76.5 Å². The zero-order chi connectivity index (χ0) is 25.4. The normalized spacial score (nSPS) is 15.7. The fourth-order valence-corrected chi connectivity index (χ4v) is 4.26. The van der Waals surface area contributed by atoms with Crippen LogP contribution in [0.2, 0.25) is 0 Å². The number of aryl methyl sites for hydroxylation is 6. The van der Waals surface area contributed by atoms with Crippen molar-refractivity contribution in [2.75, 3.05) is 0 Å². The van der Waals surface area contributed by atoms with E-state index in [0.29, 0.717) is 22.1 Å². The Morgan fingerprint density at radius 3 is 2.45 bits per heavy atom. The van der Waals surface area contributed by atoms with E-state index >= 15 is 0 Å². The van der Waals surface area contributed by atoms with Crippen molar-refractivity contribution < 1.29 is 17.2 Å². The molecule has 29 heavy (non-hydrogen) atoms. The highest BCUT2D eigenvalue weighted by Crippen LogP contribution is 2.40. The summed E-state index contributed by atoms with van der Waals surface area (Å²) < 4.78 is 56.4.